The van der Waals surface area contributed by atoms with E-state index in [0.717, 1.165) is 11.6 Å². The normalized spacial score (nSPS) is 20.3. The fourth-order valence-corrected chi connectivity index (χ4v) is 4.06. The molecule has 2 atom stereocenters. The minimum atomic E-state index is -4.12. The molecule has 3 rings (SSSR count). The fraction of sp³-hybridized carbons (Fsp3) is 0.294. The highest BCUT2D eigenvalue weighted by Crippen LogP contribution is 2.40. The summed E-state index contributed by atoms with van der Waals surface area (Å²) in [6.07, 6.45) is 0.209. The number of primary sulfonamides is 1. The minimum Gasteiger partial charge on any atom is -0.508 e. The van der Waals surface area contributed by atoms with Crippen molar-refractivity contribution in [1.29, 1.82) is 0 Å². The number of benzene rings is 2. The molecule has 0 aliphatic carbocycles. The molecule has 0 saturated carbocycles. The maximum absolute atomic E-state index is 11.6. The lowest BCUT2D eigenvalue weighted by molar-refractivity contribution is 0.400. The third-order valence-electron chi connectivity index (χ3n) is 4.76. The first kappa shape index (κ1) is 18.3. The van der Waals surface area contributed by atoms with Gasteiger partial charge in [0.2, 0.25) is 10.0 Å². The second-order valence-corrected chi connectivity index (χ2v) is 7.96. The second kappa shape index (κ2) is 6.67. The highest BCUT2D eigenvalue weighted by molar-refractivity contribution is 7.89. The Bertz CT molecular complexity index is 945. The molecule has 2 aromatic rings. The number of hydrogen-bond acceptors (Lipinski definition) is 7. The summed E-state index contributed by atoms with van der Waals surface area (Å²) in [7, 11) is -4.12. The van der Waals surface area contributed by atoms with Crippen LogP contribution in [0, 0.1) is 5.92 Å². The molecular weight excluding hydrogens is 360 g/mol. The molecule has 7 N–H and O–H groups in total. The number of sulfonamides is 1. The van der Waals surface area contributed by atoms with E-state index < -0.39 is 20.7 Å². The van der Waals surface area contributed by atoms with Crippen LogP contribution < -0.4 is 10.5 Å². The zero-order valence-corrected chi connectivity index (χ0v) is 14.6. The highest BCUT2D eigenvalue weighted by atomic mass is 32.2. The molecule has 26 heavy (non-hydrogen) atoms. The van der Waals surface area contributed by atoms with E-state index >= 15 is 0 Å². The van der Waals surface area contributed by atoms with Crippen LogP contribution >= 0.6 is 0 Å². The Morgan fingerprint density at radius 3 is 2.35 bits per heavy atom. The van der Waals surface area contributed by atoms with Crippen LogP contribution in [-0.2, 0) is 16.4 Å². The average Bonchev–Trinajstić information content (AvgIpc) is 3.01. The van der Waals surface area contributed by atoms with E-state index in [4.69, 9.17) is 5.14 Å². The maximum Gasteiger partial charge on any atom is 0.241 e. The molecule has 9 heteroatoms. The molecule has 0 spiro atoms. The standard InChI is InChI=1S/C17H20N2O6S/c18-26(24,25)16-4-3-13(20)11(17(16)23)5-10-7-19-8-12(10)9-1-2-14(21)15(22)6-9/h1-4,6,10,12,19-23H,5,7-8H2,(H2,18,24,25)/t10-,12+/m1/s1. The molecule has 1 saturated heterocycles. The monoisotopic (exact) mass is 380 g/mol. The van der Waals surface area contributed by atoms with Gasteiger partial charge >= 0.3 is 0 Å². The van der Waals surface area contributed by atoms with Gasteiger partial charge in [-0.25, -0.2) is 13.6 Å². The van der Waals surface area contributed by atoms with Crippen LogP contribution in [-0.4, -0.2) is 41.9 Å². The highest BCUT2D eigenvalue weighted by Gasteiger charge is 2.31. The smallest absolute Gasteiger partial charge is 0.241 e. The van der Waals surface area contributed by atoms with Crippen molar-refractivity contribution in [1.82, 2.24) is 5.32 Å². The number of nitrogens with two attached hydrogens (primary N) is 1. The van der Waals surface area contributed by atoms with Crippen LogP contribution in [0.3, 0.4) is 0 Å². The molecule has 0 radical (unpaired) electrons. The van der Waals surface area contributed by atoms with Crippen molar-refractivity contribution in [3.05, 3.63) is 41.5 Å². The predicted molar refractivity (Wildman–Crippen MR) is 93.7 cm³/mol. The Morgan fingerprint density at radius 1 is 1.00 bits per heavy atom. The molecule has 8 nitrogen and oxygen atoms in total. The van der Waals surface area contributed by atoms with Crippen molar-refractivity contribution < 1.29 is 28.8 Å². The third kappa shape index (κ3) is 3.41. The summed E-state index contributed by atoms with van der Waals surface area (Å²) in [5.41, 5.74) is 0.898. The van der Waals surface area contributed by atoms with Crippen LogP contribution in [0.25, 0.3) is 0 Å². The van der Waals surface area contributed by atoms with Crippen LogP contribution in [0.5, 0.6) is 23.0 Å². The quantitative estimate of drug-likeness (QED) is 0.427. The van der Waals surface area contributed by atoms with Gasteiger partial charge in [0.25, 0.3) is 0 Å². The average molecular weight is 380 g/mol. The van der Waals surface area contributed by atoms with E-state index in [0.29, 0.717) is 13.1 Å². The van der Waals surface area contributed by atoms with Crippen molar-refractivity contribution >= 4 is 10.0 Å². The SMILES string of the molecule is NS(=O)(=O)c1ccc(O)c(C[C@@H]2CNC[C@H]2c2ccc(O)c(O)c2)c1O. The molecule has 140 valence electrons. The molecule has 0 bridgehead atoms. The lowest BCUT2D eigenvalue weighted by Crippen LogP contribution is -2.16. The zero-order valence-electron chi connectivity index (χ0n) is 13.8. The first-order valence-electron chi connectivity index (χ1n) is 7.97. The first-order chi connectivity index (χ1) is 12.2. The van der Waals surface area contributed by atoms with E-state index in [1.165, 1.54) is 18.2 Å². The van der Waals surface area contributed by atoms with Crippen molar-refractivity contribution in [2.75, 3.05) is 13.1 Å². The Morgan fingerprint density at radius 2 is 1.69 bits per heavy atom. The van der Waals surface area contributed by atoms with Crippen LogP contribution in [0.15, 0.2) is 35.2 Å². The molecule has 1 aliphatic heterocycles. The molecule has 1 fully saturated rings. The number of aromatic hydroxyl groups is 4. The van der Waals surface area contributed by atoms with E-state index in [9.17, 15) is 28.8 Å². The summed E-state index contributed by atoms with van der Waals surface area (Å²) in [4.78, 5) is -0.435. The lowest BCUT2D eigenvalue weighted by atomic mass is 9.84. The Kier molecular flexibility index (Phi) is 4.70. The van der Waals surface area contributed by atoms with Crippen molar-refractivity contribution in [2.45, 2.75) is 17.2 Å². The number of rotatable bonds is 4. The number of nitrogens with one attached hydrogen (secondary N) is 1. The van der Waals surface area contributed by atoms with Crippen LogP contribution in [0.1, 0.15) is 17.0 Å². The fourth-order valence-electron chi connectivity index (χ4n) is 3.41. The van der Waals surface area contributed by atoms with Gasteiger partial charge in [0.15, 0.2) is 11.5 Å². The minimum absolute atomic E-state index is 0.0570. The van der Waals surface area contributed by atoms with E-state index in [1.807, 2.05) is 0 Å². The van der Waals surface area contributed by atoms with E-state index in [1.54, 1.807) is 6.07 Å². The Balaban J connectivity index is 1.94. The first-order valence-corrected chi connectivity index (χ1v) is 9.52. The maximum atomic E-state index is 11.6. The largest absolute Gasteiger partial charge is 0.508 e. The van der Waals surface area contributed by atoms with Crippen molar-refractivity contribution in [3.63, 3.8) is 0 Å². The topological polar surface area (TPSA) is 153 Å². The van der Waals surface area contributed by atoms with E-state index in [-0.39, 0.29) is 41.1 Å². The number of phenols is 4. The van der Waals surface area contributed by atoms with Gasteiger partial charge in [-0.2, -0.15) is 0 Å². The molecule has 0 aromatic heterocycles. The molecular formula is C17H20N2O6S. The molecule has 0 unspecified atom stereocenters. The lowest BCUT2D eigenvalue weighted by Gasteiger charge is -2.21. The summed E-state index contributed by atoms with van der Waals surface area (Å²) in [6.45, 7) is 1.18. The summed E-state index contributed by atoms with van der Waals surface area (Å²) in [5.74, 6) is -1.34. The molecule has 1 aliphatic rings. The zero-order chi connectivity index (χ0) is 19.1. The van der Waals surface area contributed by atoms with Gasteiger partial charge in [-0.05, 0) is 48.7 Å². The van der Waals surface area contributed by atoms with Gasteiger partial charge in [-0.3, -0.25) is 0 Å². The van der Waals surface area contributed by atoms with Gasteiger partial charge in [0.05, 0.1) is 0 Å². The summed E-state index contributed by atoms with van der Waals surface area (Å²) in [5, 5.41) is 47.9. The molecule has 2 aromatic carbocycles. The number of hydrogen-bond donors (Lipinski definition) is 6. The van der Waals surface area contributed by atoms with Crippen molar-refractivity contribution in [3.8, 4) is 23.0 Å². The van der Waals surface area contributed by atoms with Gasteiger partial charge in [-0.1, -0.05) is 6.07 Å². The van der Waals surface area contributed by atoms with Gasteiger partial charge in [0, 0.05) is 18.0 Å². The second-order valence-electron chi connectivity index (χ2n) is 6.43. The van der Waals surface area contributed by atoms with Crippen LogP contribution in [0.2, 0.25) is 0 Å². The van der Waals surface area contributed by atoms with Gasteiger partial charge < -0.3 is 25.7 Å². The van der Waals surface area contributed by atoms with Gasteiger partial charge in [0.1, 0.15) is 16.4 Å². The van der Waals surface area contributed by atoms with Crippen molar-refractivity contribution in [2.24, 2.45) is 11.1 Å². The van der Waals surface area contributed by atoms with Crippen LogP contribution in [0.4, 0.5) is 0 Å². The Labute approximate surface area is 150 Å². The number of phenolic OH excluding ortho intramolecular Hbond substituents is 4. The Hall–Kier alpha value is -2.49. The van der Waals surface area contributed by atoms with Gasteiger partial charge in [-0.15, -0.1) is 0 Å². The predicted octanol–water partition coefficient (Wildman–Crippen LogP) is 0.702. The summed E-state index contributed by atoms with van der Waals surface area (Å²) >= 11 is 0. The third-order valence-corrected chi connectivity index (χ3v) is 5.70. The molecule has 0 amide bonds. The summed E-state index contributed by atoms with van der Waals surface area (Å²) < 4.78 is 23.2. The summed E-state index contributed by atoms with van der Waals surface area (Å²) in [6, 6.07) is 6.82. The van der Waals surface area contributed by atoms with E-state index in [2.05, 4.69) is 5.32 Å². The molecule has 1 heterocycles.